The van der Waals surface area contributed by atoms with Gasteiger partial charge in [0.25, 0.3) is 0 Å². The molecule has 25 heavy (non-hydrogen) atoms. The van der Waals surface area contributed by atoms with Gasteiger partial charge in [0.05, 0.1) is 0 Å². The van der Waals surface area contributed by atoms with Crippen molar-refractivity contribution in [3.63, 3.8) is 0 Å². The number of hydrogen-bond acceptors (Lipinski definition) is 4. The summed E-state index contributed by atoms with van der Waals surface area (Å²) in [6.45, 7) is 0.806. The van der Waals surface area contributed by atoms with Crippen LogP contribution in [0, 0.1) is 5.92 Å². The number of halogens is 1. The standard InChI is InChI=1S/C18H19ClN4OSe/c1-24-9-12-7-14(15(8-12)25-13-5-3-2-4-6-13)23-11-22-16-17(19)20-10-21-18(16)23/h2-6,10-12,14-15H,7-9H2,1H3. The predicted molar refractivity (Wildman–Crippen MR) is 99.6 cm³/mol. The van der Waals surface area contributed by atoms with Crippen LogP contribution in [0.4, 0.5) is 0 Å². The van der Waals surface area contributed by atoms with Crippen molar-refractivity contribution in [1.29, 1.82) is 0 Å². The minimum absolute atomic E-state index is 0.372. The van der Waals surface area contributed by atoms with Gasteiger partial charge in [0.2, 0.25) is 0 Å². The molecule has 1 aromatic carbocycles. The van der Waals surface area contributed by atoms with E-state index in [9.17, 15) is 0 Å². The Balaban J connectivity index is 1.67. The second-order valence-electron chi connectivity index (χ2n) is 6.32. The zero-order valence-corrected chi connectivity index (χ0v) is 16.3. The zero-order valence-electron chi connectivity index (χ0n) is 13.9. The molecule has 5 nitrogen and oxygen atoms in total. The normalized spacial score (nSPS) is 23.4. The third kappa shape index (κ3) is 3.44. The Bertz CT molecular complexity index is 857. The van der Waals surface area contributed by atoms with E-state index in [-0.39, 0.29) is 0 Å². The zero-order chi connectivity index (χ0) is 17.2. The molecule has 3 atom stereocenters. The summed E-state index contributed by atoms with van der Waals surface area (Å²) < 4.78 is 9.06. The molecule has 0 spiro atoms. The number of aromatic nitrogens is 4. The molecule has 0 radical (unpaired) electrons. The summed E-state index contributed by atoms with van der Waals surface area (Å²) in [7, 11) is 1.78. The summed E-state index contributed by atoms with van der Waals surface area (Å²) in [6, 6.07) is 11.1. The molecule has 1 saturated carbocycles. The fourth-order valence-corrected chi connectivity index (χ4v) is 6.79. The minimum atomic E-state index is 0.372. The van der Waals surface area contributed by atoms with Crippen molar-refractivity contribution in [2.45, 2.75) is 23.7 Å². The Labute approximate surface area is 157 Å². The maximum atomic E-state index is 6.18. The van der Waals surface area contributed by atoms with Crippen LogP contribution in [0.15, 0.2) is 43.0 Å². The Hall–Kier alpha value is -1.46. The molecule has 130 valence electrons. The molecule has 1 aliphatic rings. The third-order valence-electron chi connectivity index (χ3n) is 4.67. The van der Waals surface area contributed by atoms with E-state index in [0.717, 1.165) is 18.7 Å². The van der Waals surface area contributed by atoms with Crippen molar-refractivity contribution >= 4 is 42.2 Å². The Kier molecular flexibility index (Phi) is 5.04. The summed E-state index contributed by atoms with van der Waals surface area (Å²) in [6.07, 6.45) is 5.65. The first-order valence-electron chi connectivity index (χ1n) is 8.30. The van der Waals surface area contributed by atoms with E-state index in [0.29, 0.717) is 42.4 Å². The van der Waals surface area contributed by atoms with Gasteiger partial charge in [-0.25, -0.2) is 0 Å². The van der Waals surface area contributed by atoms with Gasteiger partial charge in [-0.2, -0.15) is 0 Å². The molecular formula is C18H19ClN4OSe. The maximum absolute atomic E-state index is 6.18. The first kappa shape index (κ1) is 17.0. The van der Waals surface area contributed by atoms with E-state index in [4.69, 9.17) is 16.3 Å². The molecular weight excluding hydrogens is 403 g/mol. The van der Waals surface area contributed by atoms with Crippen LogP contribution >= 0.6 is 11.6 Å². The summed E-state index contributed by atoms with van der Waals surface area (Å²) in [5.41, 5.74) is 1.52. The number of hydrogen-bond donors (Lipinski definition) is 0. The number of imidazole rings is 1. The van der Waals surface area contributed by atoms with Gasteiger partial charge >= 0.3 is 158 Å². The number of nitrogens with zero attached hydrogens (tertiary/aromatic N) is 4. The summed E-state index contributed by atoms with van der Waals surface area (Å²) in [5.74, 6) is 0.570. The van der Waals surface area contributed by atoms with Crippen LogP contribution in [-0.4, -0.2) is 48.2 Å². The van der Waals surface area contributed by atoms with E-state index in [1.807, 2.05) is 6.33 Å². The first-order chi connectivity index (χ1) is 12.3. The quantitative estimate of drug-likeness (QED) is 0.469. The number of rotatable bonds is 5. The molecule has 0 bridgehead atoms. The molecule has 2 heterocycles. The van der Waals surface area contributed by atoms with E-state index in [1.165, 1.54) is 17.2 Å². The average molecular weight is 422 g/mol. The van der Waals surface area contributed by atoms with Gasteiger partial charge in [0.1, 0.15) is 0 Å². The average Bonchev–Trinajstić information content (AvgIpc) is 3.21. The van der Waals surface area contributed by atoms with Crippen LogP contribution in [0.3, 0.4) is 0 Å². The number of ether oxygens (including phenoxy) is 1. The number of fused-ring (bicyclic) bond motifs is 1. The number of methoxy groups -OCH3 is 1. The second kappa shape index (κ2) is 7.42. The second-order valence-corrected chi connectivity index (χ2v) is 9.43. The topological polar surface area (TPSA) is 52.8 Å². The van der Waals surface area contributed by atoms with Crippen molar-refractivity contribution < 1.29 is 4.74 Å². The molecule has 2 aromatic heterocycles. The van der Waals surface area contributed by atoms with Crippen LogP contribution in [-0.2, 0) is 4.74 Å². The molecule has 0 amide bonds. The van der Waals surface area contributed by atoms with Crippen LogP contribution in [0.5, 0.6) is 0 Å². The van der Waals surface area contributed by atoms with E-state index >= 15 is 0 Å². The summed E-state index contributed by atoms with van der Waals surface area (Å²) in [5, 5.41) is 0.417. The summed E-state index contributed by atoms with van der Waals surface area (Å²) in [4.78, 5) is 13.5. The third-order valence-corrected chi connectivity index (χ3v) is 7.79. The van der Waals surface area contributed by atoms with Gasteiger partial charge < -0.3 is 0 Å². The van der Waals surface area contributed by atoms with Gasteiger partial charge in [-0.1, -0.05) is 0 Å². The Morgan fingerprint density at radius 3 is 2.84 bits per heavy atom. The number of benzene rings is 1. The van der Waals surface area contributed by atoms with Crippen molar-refractivity contribution in [2.75, 3.05) is 13.7 Å². The van der Waals surface area contributed by atoms with Gasteiger partial charge in [-0.3, -0.25) is 0 Å². The predicted octanol–water partition coefficient (Wildman–Crippen LogP) is 2.90. The Morgan fingerprint density at radius 2 is 2.04 bits per heavy atom. The fraction of sp³-hybridized carbons (Fsp3) is 0.389. The van der Waals surface area contributed by atoms with E-state index in [1.54, 1.807) is 7.11 Å². The van der Waals surface area contributed by atoms with Gasteiger partial charge in [-0.05, 0) is 0 Å². The molecule has 1 fully saturated rings. The molecule has 3 aromatic rings. The molecule has 3 unspecified atom stereocenters. The van der Waals surface area contributed by atoms with Gasteiger partial charge in [0.15, 0.2) is 0 Å². The molecule has 0 saturated heterocycles. The van der Waals surface area contributed by atoms with Crippen LogP contribution in [0.2, 0.25) is 9.97 Å². The van der Waals surface area contributed by atoms with E-state index in [2.05, 4.69) is 49.9 Å². The van der Waals surface area contributed by atoms with Crippen molar-refractivity contribution in [3.05, 3.63) is 48.1 Å². The first-order valence-corrected chi connectivity index (χ1v) is 10.5. The van der Waals surface area contributed by atoms with Crippen LogP contribution < -0.4 is 4.46 Å². The van der Waals surface area contributed by atoms with Gasteiger partial charge in [-0.15, -0.1) is 0 Å². The van der Waals surface area contributed by atoms with Gasteiger partial charge in [0, 0.05) is 0 Å². The molecule has 7 heteroatoms. The van der Waals surface area contributed by atoms with Crippen molar-refractivity contribution in [1.82, 2.24) is 19.5 Å². The fourth-order valence-electron chi connectivity index (χ4n) is 3.61. The molecule has 1 aliphatic carbocycles. The molecule has 4 rings (SSSR count). The molecule has 0 aliphatic heterocycles. The van der Waals surface area contributed by atoms with Crippen molar-refractivity contribution in [3.8, 4) is 0 Å². The SMILES string of the molecule is COCC1CC([Se]c2ccccc2)C(n2cnc3c(Cl)ncnc32)C1. The monoisotopic (exact) mass is 422 g/mol. The van der Waals surface area contributed by atoms with E-state index < -0.39 is 0 Å². The Morgan fingerprint density at radius 1 is 1.20 bits per heavy atom. The van der Waals surface area contributed by atoms with Crippen molar-refractivity contribution in [2.24, 2.45) is 5.92 Å². The summed E-state index contributed by atoms with van der Waals surface area (Å²) >= 11 is 6.57. The van der Waals surface area contributed by atoms with Crippen LogP contribution in [0.1, 0.15) is 18.9 Å². The van der Waals surface area contributed by atoms with Crippen LogP contribution in [0.25, 0.3) is 11.2 Å². The molecule has 0 N–H and O–H groups in total.